The minimum absolute atomic E-state index is 0.292. The van der Waals surface area contributed by atoms with Crippen molar-refractivity contribution in [3.8, 4) is 6.07 Å². The first-order chi connectivity index (χ1) is 14.0. The number of Topliss-reactive ketones (excluding diaryl/α,β-unsaturated/α-hetero) is 1. The highest BCUT2D eigenvalue weighted by atomic mass is 32.1. The number of thiazole rings is 1. The summed E-state index contributed by atoms with van der Waals surface area (Å²) in [5.41, 5.74) is 3.12. The van der Waals surface area contributed by atoms with E-state index < -0.39 is 5.92 Å². The Morgan fingerprint density at radius 1 is 1.21 bits per heavy atom. The van der Waals surface area contributed by atoms with E-state index in [0.29, 0.717) is 22.8 Å². The highest BCUT2D eigenvalue weighted by Gasteiger charge is 2.30. The van der Waals surface area contributed by atoms with Gasteiger partial charge in [0.2, 0.25) is 0 Å². The summed E-state index contributed by atoms with van der Waals surface area (Å²) >= 11 is 1.28. The molecule has 0 N–H and O–H groups in total. The maximum atomic E-state index is 13.2. The largest absolute Gasteiger partial charge is 0.330 e. The fraction of sp³-hybridized carbons (Fsp3) is 0.182. The highest BCUT2D eigenvalue weighted by Crippen LogP contribution is 2.29. The first-order valence-corrected chi connectivity index (χ1v) is 9.85. The van der Waals surface area contributed by atoms with Gasteiger partial charge in [-0.2, -0.15) is 5.26 Å². The smallest absolute Gasteiger partial charge is 0.199 e. The zero-order valence-corrected chi connectivity index (χ0v) is 16.7. The van der Waals surface area contributed by atoms with Gasteiger partial charge in [0, 0.05) is 13.5 Å². The molecule has 0 radical (unpaired) electrons. The lowest BCUT2D eigenvalue weighted by atomic mass is 10.0. The van der Waals surface area contributed by atoms with E-state index in [2.05, 4.69) is 16.0 Å². The van der Waals surface area contributed by atoms with Gasteiger partial charge in [-0.15, -0.1) is 11.3 Å². The molecule has 0 aliphatic carbocycles. The second-order valence-corrected chi connectivity index (χ2v) is 7.85. The van der Waals surface area contributed by atoms with Gasteiger partial charge in [-0.05, 0) is 36.8 Å². The lowest BCUT2D eigenvalue weighted by Crippen LogP contribution is -2.15. The lowest BCUT2D eigenvalue weighted by molar-refractivity contribution is 0.0978. The van der Waals surface area contributed by atoms with Crippen molar-refractivity contribution in [2.75, 3.05) is 0 Å². The van der Waals surface area contributed by atoms with E-state index in [1.165, 1.54) is 23.5 Å². The molecule has 5 nitrogen and oxygen atoms in total. The summed E-state index contributed by atoms with van der Waals surface area (Å²) in [6.45, 7) is 1.77. The number of hydrogen-bond acceptors (Lipinski definition) is 5. The van der Waals surface area contributed by atoms with Crippen LogP contribution in [0.15, 0.2) is 48.5 Å². The summed E-state index contributed by atoms with van der Waals surface area (Å²) in [7, 11) is 1.81. The standard InChI is InChI=1S/C22H17FN4OS/c1-13-21(29-19(25-13)11-14-7-9-15(23)10-8-14)20(28)16(12-24)22-26-17-5-3-4-6-18(17)27(22)2/h3-10,16H,11H2,1-2H3. The number of nitriles is 1. The Morgan fingerprint density at radius 2 is 1.93 bits per heavy atom. The van der Waals surface area contributed by atoms with E-state index in [9.17, 15) is 14.4 Å². The van der Waals surface area contributed by atoms with Gasteiger partial charge < -0.3 is 4.57 Å². The highest BCUT2D eigenvalue weighted by molar-refractivity contribution is 7.13. The molecule has 4 aromatic rings. The molecular formula is C22H17FN4OS. The van der Waals surface area contributed by atoms with Crippen molar-refractivity contribution in [2.24, 2.45) is 7.05 Å². The molecule has 0 saturated carbocycles. The van der Waals surface area contributed by atoms with Crippen molar-refractivity contribution in [3.63, 3.8) is 0 Å². The van der Waals surface area contributed by atoms with Gasteiger partial charge in [0.1, 0.15) is 11.6 Å². The second-order valence-electron chi connectivity index (χ2n) is 6.77. The number of imidazole rings is 1. The van der Waals surface area contributed by atoms with Gasteiger partial charge in [0.25, 0.3) is 0 Å². The van der Waals surface area contributed by atoms with E-state index >= 15 is 0 Å². The summed E-state index contributed by atoms with van der Waals surface area (Å²) in [6, 6.07) is 15.8. The number of aromatic nitrogens is 3. The molecule has 0 fully saturated rings. The van der Waals surface area contributed by atoms with Crippen molar-refractivity contribution in [1.29, 1.82) is 5.26 Å². The Morgan fingerprint density at radius 3 is 2.62 bits per heavy atom. The van der Waals surface area contributed by atoms with Gasteiger partial charge in [-0.1, -0.05) is 24.3 Å². The van der Waals surface area contributed by atoms with Gasteiger partial charge in [0.05, 0.1) is 32.7 Å². The van der Waals surface area contributed by atoms with Crippen LogP contribution in [0, 0.1) is 24.1 Å². The van der Waals surface area contributed by atoms with Crippen molar-refractivity contribution in [3.05, 3.63) is 81.3 Å². The molecule has 4 rings (SSSR count). The maximum absolute atomic E-state index is 13.2. The van der Waals surface area contributed by atoms with Crippen LogP contribution in [0.1, 0.15) is 37.7 Å². The third-order valence-electron chi connectivity index (χ3n) is 4.80. The van der Waals surface area contributed by atoms with Crippen LogP contribution in [0.25, 0.3) is 11.0 Å². The molecule has 0 amide bonds. The van der Waals surface area contributed by atoms with E-state index in [-0.39, 0.29) is 11.6 Å². The van der Waals surface area contributed by atoms with Crippen LogP contribution in [-0.2, 0) is 13.5 Å². The molecule has 1 atom stereocenters. The third kappa shape index (κ3) is 3.55. The van der Waals surface area contributed by atoms with Crippen molar-refractivity contribution in [2.45, 2.75) is 19.3 Å². The van der Waals surface area contributed by atoms with E-state index in [4.69, 9.17) is 0 Å². The van der Waals surface area contributed by atoms with Gasteiger partial charge in [-0.3, -0.25) is 4.79 Å². The number of nitrogens with zero attached hydrogens (tertiary/aromatic N) is 4. The molecule has 2 aromatic carbocycles. The predicted octanol–water partition coefficient (Wildman–Crippen LogP) is 4.56. The van der Waals surface area contributed by atoms with E-state index in [1.54, 1.807) is 23.6 Å². The number of halogens is 1. The fourth-order valence-corrected chi connectivity index (χ4v) is 4.39. The molecule has 2 heterocycles. The monoisotopic (exact) mass is 404 g/mol. The Hall–Kier alpha value is -3.37. The third-order valence-corrected chi connectivity index (χ3v) is 5.98. The molecule has 7 heteroatoms. The predicted molar refractivity (Wildman–Crippen MR) is 109 cm³/mol. The van der Waals surface area contributed by atoms with Gasteiger partial charge in [0.15, 0.2) is 11.7 Å². The molecule has 1 unspecified atom stereocenters. The number of carbonyl (C=O) groups is 1. The first-order valence-electron chi connectivity index (χ1n) is 9.04. The fourth-order valence-electron chi connectivity index (χ4n) is 3.32. The number of ketones is 1. The van der Waals surface area contributed by atoms with Gasteiger partial charge in [-0.25, -0.2) is 14.4 Å². The summed E-state index contributed by atoms with van der Waals surface area (Å²) in [5, 5.41) is 10.5. The number of rotatable bonds is 5. The lowest BCUT2D eigenvalue weighted by Gasteiger charge is -2.07. The summed E-state index contributed by atoms with van der Waals surface area (Å²) < 4.78 is 14.9. The molecule has 144 valence electrons. The van der Waals surface area contributed by atoms with Crippen LogP contribution in [0.5, 0.6) is 0 Å². The number of aryl methyl sites for hydroxylation is 2. The van der Waals surface area contributed by atoms with E-state index in [0.717, 1.165) is 21.6 Å². The SMILES string of the molecule is Cc1nc(Cc2ccc(F)cc2)sc1C(=O)C(C#N)c1nc2ccccc2n1C. The number of carbonyl (C=O) groups excluding carboxylic acids is 1. The quantitative estimate of drug-likeness (QED) is 0.457. The molecule has 2 aromatic heterocycles. The Balaban J connectivity index is 1.65. The number of fused-ring (bicyclic) bond motifs is 1. The molecule has 0 bridgehead atoms. The van der Waals surface area contributed by atoms with Crippen LogP contribution in [0.3, 0.4) is 0 Å². The Bertz CT molecular complexity index is 1250. The van der Waals surface area contributed by atoms with Crippen molar-refractivity contribution < 1.29 is 9.18 Å². The van der Waals surface area contributed by atoms with Crippen LogP contribution >= 0.6 is 11.3 Å². The number of hydrogen-bond donors (Lipinski definition) is 0. The molecule has 0 spiro atoms. The van der Waals surface area contributed by atoms with Crippen LogP contribution in [0.4, 0.5) is 4.39 Å². The minimum atomic E-state index is -1.01. The van der Waals surface area contributed by atoms with Crippen LogP contribution in [-0.4, -0.2) is 20.3 Å². The zero-order valence-electron chi connectivity index (χ0n) is 15.9. The van der Waals surface area contributed by atoms with E-state index in [1.807, 2.05) is 31.3 Å². The molecule has 0 saturated heterocycles. The number of para-hydroxylation sites is 2. The molecular weight excluding hydrogens is 387 g/mol. The molecule has 29 heavy (non-hydrogen) atoms. The minimum Gasteiger partial charge on any atom is -0.330 e. The summed E-state index contributed by atoms with van der Waals surface area (Å²) in [6.07, 6.45) is 0.503. The average molecular weight is 404 g/mol. The van der Waals surface area contributed by atoms with Crippen molar-refractivity contribution in [1.82, 2.24) is 14.5 Å². The van der Waals surface area contributed by atoms with Crippen molar-refractivity contribution >= 4 is 28.2 Å². The summed E-state index contributed by atoms with van der Waals surface area (Å²) in [5.74, 6) is -1.18. The van der Waals surface area contributed by atoms with Crippen LogP contribution < -0.4 is 0 Å². The van der Waals surface area contributed by atoms with Crippen LogP contribution in [0.2, 0.25) is 0 Å². The Kier molecular flexibility index (Phi) is 4.95. The average Bonchev–Trinajstić information content (AvgIpc) is 3.24. The molecule has 0 aliphatic rings. The molecule has 0 aliphatic heterocycles. The first kappa shape index (κ1) is 19.0. The summed E-state index contributed by atoms with van der Waals surface area (Å²) in [4.78, 5) is 22.6. The topological polar surface area (TPSA) is 71.6 Å². The number of benzene rings is 2. The van der Waals surface area contributed by atoms with Gasteiger partial charge >= 0.3 is 0 Å². The second kappa shape index (κ2) is 7.57. The normalized spacial score (nSPS) is 12.1. The zero-order chi connectivity index (χ0) is 20.5. The maximum Gasteiger partial charge on any atom is 0.199 e. The Labute approximate surface area is 171 Å².